The maximum absolute atomic E-state index is 13.7. The quantitative estimate of drug-likeness (QED) is 0.612. The highest BCUT2D eigenvalue weighted by molar-refractivity contribution is 5.89. The molecular weight excluding hydrogens is 406 g/mol. The zero-order chi connectivity index (χ0) is 21.4. The third-order valence-corrected chi connectivity index (χ3v) is 4.84. The average Bonchev–Trinajstić information content (AvgIpc) is 3.35. The summed E-state index contributed by atoms with van der Waals surface area (Å²) in [5.74, 6) is -0.724. The second-order valence-electron chi connectivity index (χ2n) is 6.73. The van der Waals surface area contributed by atoms with Crippen molar-refractivity contribution in [1.82, 2.24) is 20.5 Å². The van der Waals surface area contributed by atoms with Crippen molar-refractivity contribution in [3.63, 3.8) is 0 Å². The molecule has 3 aromatic rings. The van der Waals surface area contributed by atoms with Gasteiger partial charge in [-0.2, -0.15) is 13.2 Å². The molecule has 1 aliphatic rings. The van der Waals surface area contributed by atoms with Crippen LogP contribution in [0.3, 0.4) is 0 Å². The molecule has 1 aromatic carbocycles. The minimum atomic E-state index is -4.43. The predicted molar refractivity (Wildman–Crippen MR) is 97.5 cm³/mol. The number of nitrogens with zero attached hydrogens (tertiary/aromatic N) is 3. The number of nitrogens with one attached hydrogen (secondary N) is 2. The first kappa shape index (κ1) is 19.8. The van der Waals surface area contributed by atoms with Gasteiger partial charge < -0.3 is 15.1 Å². The maximum atomic E-state index is 13.7. The van der Waals surface area contributed by atoms with E-state index in [9.17, 15) is 22.4 Å². The van der Waals surface area contributed by atoms with Gasteiger partial charge in [0.2, 0.25) is 11.8 Å². The van der Waals surface area contributed by atoms with Gasteiger partial charge in [0.15, 0.2) is 11.1 Å². The van der Waals surface area contributed by atoms with Crippen LogP contribution in [0.15, 0.2) is 47.0 Å². The fraction of sp³-hybridized carbons (Fsp3) is 0.263. The summed E-state index contributed by atoms with van der Waals surface area (Å²) in [6, 6.07) is 7.69. The molecule has 1 fully saturated rings. The van der Waals surface area contributed by atoms with Gasteiger partial charge in [-0.25, -0.2) is 9.37 Å². The Balaban J connectivity index is 1.63. The highest BCUT2D eigenvalue weighted by Gasteiger charge is 2.49. The molecule has 1 aliphatic heterocycles. The fourth-order valence-electron chi connectivity index (χ4n) is 3.15. The Labute approximate surface area is 167 Å². The molecule has 0 radical (unpaired) electrons. The number of hydrogen-bond donors (Lipinski definition) is 2. The van der Waals surface area contributed by atoms with Crippen LogP contribution in [0.25, 0.3) is 11.6 Å². The van der Waals surface area contributed by atoms with Gasteiger partial charge in [-0.1, -0.05) is 0 Å². The second kappa shape index (κ2) is 7.39. The summed E-state index contributed by atoms with van der Waals surface area (Å²) in [4.78, 5) is 16.3. The van der Waals surface area contributed by atoms with E-state index in [-0.39, 0.29) is 23.9 Å². The molecule has 2 aromatic heterocycles. The van der Waals surface area contributed by atoms with Gasteiger partial charge in [-0.05, 0) is 42.8 Å². The third kappa shape index (κ3) is 3.46. The number of carbonyl (C=O) groups is 1. The number of alkyl halides is 4. The molecule has 7 nitrogen and oxygen atoms in total. The van der Waals surface area contributed by atoms with Crippen molar-refractivity contribution in [3.05, 3.63) is 54.0 Å². The Kier molecular flexibility index (Phi) is 4.88. The van der Waals surface area contributed by atoms with Crippen molar-refractivity contribution in [2.75, 3.05) is 18.5 Å². The molecule has 1 atom stereocenters. The fourth-order valence-corrected chi connectivity index (χ4v) is 3.15. The van der Waals surface area contributed by atoms with Crippen LogP contribution in [0.1, 0.15) is 17.9 Å². The third-order valence-electron chi connectivity index (χ3n) is 4.84. The van der Waals surface area contributed by atoms with Crippen molar-refractivity contribution < 1.29 is 26.8 Å². The van der Waals surface area contributed by atoms with Gasteiger partial charge in [-0.3, -0.25) is 4.79 Å². The average molecular weight is 421 g/mol. The number of hydrogen-bond acceptors (Lipinski definition) is 6. The Morgan fingerprint density at radius 1 is 1.17 bits per heavy atom. The maximum Gasteiger partial charge on any atom is 0.416 e. The van der Waals surface area contributed by atoms with Crippen molar-refractivity contribution in [2.24, 2.45) is 0 Å². The van der Waals surface area contributed by atoms with E-state index >= 15 is 0 Å². The zero-order valence-corrected chi connectivity index (χ0v) is 15.3. The number of amides is 1. The Morgan fingerprint density at radius 2 is 1.93 bits per heavy atom. The summed E-state index contributed by atoms with van der Waals surface area (Å²) in [5.41, 5.74) is -1.32. The van der Waals surface area contributed by atoms with E-state index < -0.39 is 29.7 Å². The van der Waals surface area contributed by atoms with Crippen LogP contribution in [0.5, 0.6) is 0 Å². The molecule has 3 heterocycles. The largest absolute Gasteiger partial charge is 0.418 e. The Hall–Kier alpha value is -3.50. The summed E-state index contributed by atoms with van der Waals surface area (Å²) < 4.78 is 57.5. The molecule has 156 valence electrons. The molecule has 0 saturated carbocycles. The first-order valence-electron chi connectivity index (χ1n) is 8.91. The molecule has 4 rings (SSSR count). The zero-order valence-electron chi connectivity index (χ0n) is 15.3. The van der Waals surface area contributed by atoms with Gasteiger partial charge in [0.05, 0.1) is 11.3 Å². The van der Waals surface area contributed by atoms with E-state index in [0.29, 0.717) is 17.9 Å². The highest BCUT2D eigenvalue weighted by atomic mass is 19.4. The number of aromatic nitrogens is 3. The second-order valence-corrected chi connectivity index (χ2v) is 6.73. The van der Waals surface area contributed by atoms with Gasteiger partial charge in [0.1, 0.15) is 6.67 Å². The van der Waals surface area contributed by atoms with Crippen molar-refractivity contribution in [1.29, 1.82) is 0 Å². The van der Waals surface area contributed by atoms with E-state index in [1.807, 2.05) is 0 Å². The molecule has 30 heavy (non-hydrogen) atoms. The van der Waals surface area contributed by atoms with Crippen molar-refractivity contribution >= 4 is 17.3 Å². The van der Waals surface area contributed by atoms with Gasteiger partial charge >= 0.3 is 6.18 Å². The van der Waals surface area contributed by atoms with Crippen LogP contribution in [0.4, 0.5) is 28.9 Å². The van der Waals surface area contributed by atoms with E-state index in [1.165, 1.54) is 18.3 Å². The number of anilines is 2. The predicted octanol–water partition coefficient (Wildman–Crippen LogP) is 3.62. The lowest BCUT2D eigenvalue weighted by molar-refractivity contribution is -0.137. The number of rotatable bonds is 5. The molecule has 11 heteroatoms. The molecule has 2 N–H and O–H groups in total. The summed E-state index contributed by atoms with van der Waals surface area (Å²) in [6.45, 7) is -0.690. The number of halogens is 4. The van der Waals surface area contributed by atoms with Crippen LogP contribution in [-0.4, -0.2) is 34.3 Å². The lowest BCUT2D eigenvalue weighted by Crippen LogP contribution is -2.37. The molecule has 1 amide bonds. The van der Waals surface area contributed by atoms with Crippen molar-refractivity contribution in [3.8, 4) is 11.6 Å². The Bertz CT molecular complexity index is 1070. The summed E-state index contributed by atoms with van der Waals surface area (Å²) in [7, 11) is 0. The van der Waals surface area contributed by atoms with Gasteiger partial charge in [0.25, 0.3) is 5.89 Å². The van der Waals surface area contributed by atoms with Crippen LogP contribution < -0.4 is 10.6 Å². The minimum Gasteiger partial charge on any atom is -0.418 e. The molecular formula is C19H15F4N5O2. The lowest BCUT2D eigenvalue weighted by Gasteiger charge is -2.16. The molecule has 0 spiro atoms. The normalized spacial score (nSPS) is 19.0. The molecule has 0 bridgehead atoms. The van der Waals surface area contributed by atoms with Crippen LogP contribution in [-0.2, 0) is 16.4 Å². The lowest BCUT2D eigenvalue weighted by atomic mass is 9.88. The smallest absolute Gasteiger partial charge is 0.416 e. The van der Waals surface area contributed by atoms with Crippen LogP contribution >= 0.6 is 0 Å². The number of carbonyl (C=O) groups excluding carboxylic acids is 1. The topological polar surface area (TPSA) is 92.9 Å². The minimum absolute atomic E-state index is 0.0486. The first-order valence-corrected chi connectivity index (χ1v) is 8.91. The molecule has 0 aliphatic carbocycles. The van der Waals surface area contributed by atoms with Crippen LogP contribution in [0, 0.1) is 0 Å². The SMILES string of the molecule is O=C1NCC[C@@]1(CF)c1nnc(-c2ncccc2Nc2ccc(C(F)(F)F)cc2)o1. The molecule has 0 unspecified atom stereocenters. The Morgan fingerprint density at radius 3 is 2.57 bits per heavy atom. The summed E-state index contributed by atoms with van der Waals surface area (Å²) >= 11 is 0. The van der Waals surface area contributed by atoms with Crippen LogP contribution in [0.2, 0.25) is 0 Å². The van der Waals surface area contributed by atoms with E-state index in [1.54, 1.807) is 12.1 Å². The van der Waals surface area contributed by atoms with E-state index in [4.69, 9.17) is 4.42 Å². The number of benzene rings is 1. The van der Waals surface area contributed by atoms with Gasteiger partial charge in [0, 0.05) is 18.4 Å². The molecule has 1 saturated heterocycles. The highest BCUT2D eigenvalue weighted by Crippen LogP contribution is 2.35. The summed E-state index contributed by atoms with van der Waals surface area (Å²) in [6.07, 6.45) is -2.79. The monoisotopic (exact) mass is 421 g/mol. The standard InChI is InChI=1S/C19H15F4N5O2/c20-10-18(7-9-25-16(18)29)17-28-27-15(30-17)14-13(2-1-8-24-14)26-12-5-3-11(4-6-12)19(21,22)23/h1-6,8,26H,7,9-10H2,(H,25,29)/t18-/m0/s1. The van der Waals surface area contributed by atoms with E-state index in [0.717, 1.165) is 12.1 Å². The van der Waals surface area contributed by atoms with Crippen molar-refractivity contribution in [2.45, 2.75) is 18.0 Å². The number of pyridine rings is 1. The van der Waals surface area contributed by atoms with E-state index in [2.05, 4.69) is 25.8 Å². The first-order chi connectivity index (χ1) is 14.3. The van der Waals surface area contributed by atoms with Gasteiger partial charge in [-0.15, -0.1) is 10.2 Å². The summed E-state index contributed by atoms with van der Waals surface area (Å²) in [5, 5.41) is 13.2.